The minimum Gasteiger partial charge on any atom is -0.497 e. The van der Waals surface area contributed by atoms with Crippen molar-refractivity contribution in [2.45, 2.75) is 6.54 Å². The van der Waals surface area contributed by atoms with E-state index < -0.39 is 5.82 Å². The van der Waals surface area contributed by atoms with E-state index in [4.69, 9.17) is 14.7 Å². The van der Waals surface area contributed by atoms with Gasteiger partial charge in [0, 0.05) is 30.4 Å². The highest BCUT2D eigenvalue weighted by Crippen LogP contribution is 2.26. The Labute approximate surface area is 122 Å². The lowest BCUT2D eigenvalue weighted by Gasteiger charge is -2.11. The van der Waals surface area contributed by atoms with Crippen LogP contribution in [0.15, 0.2) is 36.4 Å². The molecule has 1 N–H and O–H groups in total. The van der Waals surface area contributed by atoms with Crippen LogP contribution in [0.1, 0.15) is 11.1 Å². The first-order valence-corrected chi connectivity index (χ1v) is 6.31. The Bertz CT molecular complexity index is 658. The number of nitrogens with zero attached hydrogens (tertiary/aromatic N) is 1. The predicted octanol–water partition coefficient (Wildman–Crippen LogP) is 3.33. The number of rotatable bonds is 5. The summed E-state index contributed by atoms with van der Waals surface area (Å²) in [5.41, 5.74) is 1.78. The summed E-state index contributed by atoms with van der Waals surface area (Å²) in [6, 6.07) is 11.6. The van der Waals surface area contributed by atoms with Gasteiger partial charge in [0.25, 0.3) is 0 Å². The molecule has 0 spiro atoms. The second kappa shape index (κ2) is 6.62. The molecule has 2 rings (SSSR count). The highest BCUT2D eigenvalue weighted by molar-refractivity contribution is 5.54. The summed E-state index contributed by atoms with van der Waals surface area (Å²) in [5.74, 6) is 0.900. The van der Waals surface area contributed by atoms with E-state index in [2.05, 4.69) is 5.32 Å². The quantitative estimate of drug-likeness (QED) is 0.916. The second-order valence-corrected chi connectivity index (χ2v) is 4.41. The molecule has 0 saturated heterocycles. The van der Waals surface area contributed by atoms with Crippen LogP contribution < -0.4 is 14.8 Å². The number of halogens is 1. The summed E-state index contributed by atoms with van der Waals surface area (Å²) in [6.45, 7) is 0.392. The SMILES string of the molecule is COc1cc(NCc2cc(F)cc(C#N)c2)cc(OC)c1. The van der Waals surface area contributed by atoms with Crippen LogP contribution in [0.3, 0.4) is 0 Å². The first-order chi connectivity index (χ1) is 10.1. The molecule has 5 heteroatoms. The van der Waals surface area contributed by atoms with Gasteiger partial charge in [-0.25, -0.2) is 4.39 Å². The van der Waals surface area contributed by atoms with Gasteiger partial charge in [-0.05, 0) is 23.8 Å². The normalized spacial score (nSPS) is 9.81. The van der Waals surface area contributed by atoms with Gasteiger partial charge in [0.1, 0.15) is 17.3 Å². The number of anilines is 1. The van der Waals surface area contributed by atoms with Crippen LogP contribution in [0.4, 0.5) is 10.1 Å². The molecule has 0 radical (unpaired) electrons. The van der Waals surface area contributed by atoms with Crippen molar-refractivity contribution in [3.63, 3.8) is 0 Å². The van der Waals surface area contributed by atoms with Crippen molar-refractivity contribution in [3.05, 3.63) is 53.3 Å². The molecule has 2 aromatic carbocycles. The first-order valence-electron chi connectivity index (χ1n) is 6.31. The molecule has 4 nitrogen and oxygen atoms in total. The minimum absolute atomic E-state index is 0.301. The van der Waals surface area contributed by atoms with Crippen LogP contribution in [0.2, 0.25) is 0 Å². The lowest BCUT2D eigenvalue weighted by atomic mass is 10.1. The Morgan fingerprint density at radius 2 is 1.71 bits per heavy atom. The van der Waals surface area contributed by atoms with Gasteiger partial charge in [0.05, 0.1) is 25.9 Å². The van der Waals surface area contributed by atoms with Crippen LogP contribution >= 0.6 is 0 Å². The average molecular weight is 286 g/mol. The van der Waals surface area contributed by atoms with E-state index in [1.165, 1.54) is 12.1 Å². The zero-order chi connectivity index (χ0) is 15.2. The topological polar surface area (TPSA) is 54.3 Å². The van der Waals surface area contributed by atoms with Crippen LogP contribution in [0.25, 0.3) is 0 Å². The molecule has 2 aromatic rings. The fourth-order valence-electron chi connectivity index (χ4n) is 1.93. The number of ether oxygens (including phenoxy) is 2. The van der Waals surface area contributed by atoms with Gasteiger partial charge in [-0.3, -0.25) is 0 Å². The van der Waals surface area contributed by atoms with Gasteiger partial charge in [0.15, 0.2) is 0 Å². The molecular formula is C16H15FN2O2. The molecule has 0 aliphatic heterocycles. The third-order valence-corrected chi connectivity index (χ3v) is 2.93. The molecule has 0 saturated carbocycles. The van der Waals surface area contributed by atoms with Gasteiger partial charge in [-0.15, -0.1) is 0 Å². The second-order valence-electron chi connectivity index (χ2n) is 4.41. The maximum absolute atomic E-state index is 13.4. The lowest BCUT2D eigenvalue weighted by Crippen LogP contribution is -2.01. The molecule has 21 heavy (non-hydrogen) atoms. The summed E-state index contributed by atoms with van der Waals surface area (Å²) in [7, 11) is 3.15. The number of hydrogen-bond acceptors (Lipinski definition) is 4. The molecule has 0 amide bonds. The van der Waals surface area contributed by atoms with Crippen molar-refractivity contribution in [1.29, 1.82) is 5.26 Å². The summed E-state index contributed by atoms with van der Waals surface area (Å²) in [5, 5.41) is 12.0. The van der Waals surface area contributed by atoms with Crippen LogP contribution in [0.5, 0.6) is 11.5 Å². The van der Waals surface area contributed by atoms with E-state index in [9.17, 15) is 4.39 Å². The van der Waals surface area contributed by atoms with Crippen molar-refractivity contribution >= 4 is 5.69 Å². The van der Waals surface area contributed by atoms with Crippen LogP contribution in [-0.2, 0) is 6.54 Å². The van der Waals surface area contributed by atoms with Gasteiger partial charge in [0.2, 0.25) is 0 Å². The maximum atomic E-state index is 13.4. The molecule has 0 aromatic heterocycles. The molecular weight excluding hydrogens is 271 g/mol. The van der Waals surface area contributed by atoms with E-state index in [0.29, 0.717) is 29.2 Å². The maximum Gasteiger partial charge on any atom is 0.124 e. The number of nitrogens with one attached hydrogen (secondary N) is 1. The minimum atomic E-state index is -0.422. The molecule has 0 aliphatic rings. The third kappa shape index (κ3) is 3.86. The Balaban J connectivity index is 2.16. The Morgan fingerprint density at radius 3 is 2.29 bits per heavy atom. The molecule has 0 heterocycles. The van der Waals surface area contributed by atoms with Crippen molar-refractivity contribution in [2.24, 2.45) is 0 Å². The molecule has 0 fully saturated rings. The Morgan fingerprint density at radius 1 is 1.05 bits per heavy atom. The highest BCUT2D eigenvalue weighted by atomic mass is 19.1. The summed E-state index contributed by atoms with van der Waals surface area (Å²) in [4.78, 5) is 0. The van der Waals surface area contributed by atoms with E-state index in [0.717, 1.165) is 5.69 Å². The highest BCUT2D eigenvalue weighted by Gasteiger charge is 2.04. The molecule has 0 aliphatic carbocycles. The van der Waals surface area contributed by atoms with Crippen LogP contribution in [0, 0.1) is 17.1 Å². The van der Waals surface area contributed by atoms with E-state index >= 15 is 0 Å². The standard InChI is InChI=1S/C16H15FN2O2/c1-20-15-6-14(7-16(8-15)21-2)19-10-12-3-11(9-18)4-13(17)5-12/h3-8,19H,10H2,1-2H3. The zero-order valence-electron chi connectivity index (χ0n) is 11.8. The Kier molecular flexibility index (Phi) is 4.62. The van der Waals surface area contributed by atoms with Crippen molar-refractivity contribution in [3.8, 4) is 17.6 Å². The van der Waals surface area contributed by atoms with Gasteiger partial charge in [-0.2, -0.15) is 5.26 Å². The smallest absolute Gasteiger partial charge is 0.124 e. The van der Waals surface area contributed by atoms with Crippen molar-refractivity contribution in [2.75, 3.05) is 19.5 Å². The van der Waals surface area contributed by atoms with Crippen molar-refractivity contribution in [1.82, 2.24) is 0 Å². The Hall–Kier alpha value is -2.74. The van der Waals surface area contributed by atoms with Gasteiger partial charge < -0.3 is 14.8 Å². The summed E-state index contributed by atoms with van der Waals surface area (Å²) >= 11 is 0. The lowest BCUT2D eigenvalue weighted by molar-refractivity contribution is 0.394. The monoisotopic (exact) mass is 286 g/mol. The summed E-state index contributed by atoms with van der Waals surface area (Å²) < 4.78 is 23.7. The van der Waals surface area contributed by atoms with E-state index in [1.807, 2.05) is 18.2 Å². The average Bonchev–Trinajstić information content (AvgIpc) is 2.51. The molecule has 108 valence electrons. The molecule has 0 unspecified atom stereocenters. The van der Waals surface area contributed by atoms with E-state index in [1.54, 1.807) is 26.4 Å². The number of hydrogen-bond donors (Lipinski definition) is 1. The van der Waals surface area contributed by atoms with E-state index in [-0.39, 0.29) is 0 Å². The van der Waals surface area contributed by atoms with Crippen LogP contribution in [-0.4, -0.2) is 14.2 Å². The molecule has 0 atom stereocenters. The number of benzene rings is 2. The number of methoxy groups -OCH3 is 2. The van der Waals surface area contributed by atoms with Crippen molar-refractivity contribution < 1.29 is 13.9 Å². The number of nitriles is 1. The largest absolute Gasteiger partial charge is 0.497 e. The van der Waals surface area contributed by atoms with Gasteiger partial charge >= 0.3 is 0 Å². The zero-order valence-corrected chi connectivity index (χ0v) is 11.8. The van der Waals surface area contributed by atoms with Gasteiger partial charge in [-0.1, -0.05) is 0 Å². The third-order valence-electron chi connectivity index (χ3n) is 2.93. The summed E-state index contributed by atoms with van der Waals surface area (Å²) in [6.07, 6.45) is 0. The fourth-order valence-corrected chi connectivity index (χ4v) is 1.93. The molecule has 0 bridgehead atoms. The first kappa shape index (κ1) is 14.7. The fraction of sp³-hybridized carbons (Fsp3) is 0.188. The predicted molar refractivity (Wildman–Crippen MR) is 78.0 cm³/mol.